The molecule has 1 saturated heterocycles. The standard InChI is InChI=1S/C29H24Cl2N2O6S/c1-16-4-10-20-22(13-16)28(37)33(27(20)36)32(26(35)21-11-7-18(30)14-23(21)31)15-24(34)17-5-8-19(9-6-17)39-29(38)25-3-2-12-40-25/h2-3,5-9,11-12,14,16,20,22H,4,10,13,15H2,1H3/t16-,20+,22-/m1/s1. The van der Waals surface area contributed by atoms with E-state index in [1.807, 2.05) is 6.92 Å². The van der Waals surface area contributed by atoms with Gasteiger partial charge in [0.25, 0.3) is 17.7 Å². The first-order valence-corrected chi connectivity index (χ1v) is 14.3. The molecule has 3 atom stereocenters. The van der Waals surface area contributed by atoms with Crippen LogP contribution in [0.15, 0.2) is 60.0 Å². The summed E-state index contributed by atoms with van der Waals surface area (Å²) in [5.74, 6) is -3.39. The van der Waals surface area contributed by atoms with Gasteiger partial charge < -0.3 is 4.74 Å². The van der Waals surface area contributed by atoms with Gasteiger partial charge in [0.15, 0.2) is 5.78 Å². The highest BCUT2D eigenvalue weighted by atomic mass is 35.5. The van der Waals surface area contributed by atoms with E-state index < -0.39 is 47.9 Å². The maximum Gasteiger partial charge on any atom is 0.353 e. The van der Waals surface area contributed by atoms with Crippen molar-refractivity contribution in [1.29, 1.82) is 0 Å². The number of esters is 1. The number of amides is 3. The van der Waals surface area contributed by atoms with E-state index in [-0.39, 0.29) is 27.8 Å². The molecule has 2 fully saturated rings. The third-order valence-electron chi connectivity index (χ3n) is 7.20. The molecule has 1 aliphatic heterocycles. The number of ketones is 1. The molecule has 0 radical (unpaired) electrons. The Morgan fingerprint density at radius 3 is 2.40 bits per heavy atom. The Kier molecular flexibility index (Phi) is 8.07. The molecule has 1 saturated carbocycles. The van der Waals surface area contributed by atoms with Crippen LogP contribution in [0.1, 0.15) is 56.6 Å². The number of hydrazine groups is 1. The van der Waals surface area contributed by atoms with Crippen LogP contribution in [0.3, 0.4) is 0 Å². The molecule has 8 nitrogen and oxygen atoms in total. The van der Waals surface area contributed by atoms with Crippen molar-refractivity contribution in [3.05, 3.63) is 86.0 Å². The fraction of sp³-hybridized carbons (Fsp3) is 0.276. The van der Waals surface area contributed by atoms with Crippen molar-refractivity contribution in [2.75, 3.05) is 6.54 Å². The zero-order valence-electron chi connectivity index (χ0n) is 21.3. The van der Waals surface area contributed by atoms with Crippen molar-refractivity contribution in [1.82, 2.24) is 10.0 Å². The molecule has 3 amide bonds. The van der Waals surface area contributed by atoms with Gasteiger partial charge in [-0.3, -0.25) is 19.2 Å². The normalized spacial score (nSPS) is 20.3. The van der Waals surface area contributed by atoms with Gasteiger partial charge in [0.1, 0.15) is 17.2 Å². The largest absolute Gasteiger partial charge is 0.422 e. The van der Waals surface area contributed by atoms with Gasteiger partial charge in [-0.05, 0) is 79.1 Å². The SMILES string of the molecule is C[C@@H]1CC[C@@H]2C(=O)N(N(CC(=O)c3ccc(OC(=O)c4cccs4)cc3)C(=O)c3ccc(Cl)cc3Cl)C(=O)[C@@H]2C1. The summed E-state index contributed by atoms with van der Waals surface area (Å²) in [4.78, 5) is 66.7. The molecule has 2 aliphatic rings. The quantitative estimate of drug-likeness (QED) is 0.144. The van der Waals surface area contributed by atoms with E-state index >= 15 is 0 Å². The highest BCUT2D eigenvalue weighted by Gasteiger charge is 2.53. The van der Waals surface area contributed by atoms with Crippen LogP contribution in [0.2, 0.25) is 10.0 Å². The van der Waals surface area contributed by atoms with Crippen LogP contribution < -0.4 is 4.74 Å². The molecule has 0 unspecified atom stereocenters. The second-order valence-electron chi connectivity index (χ2n) is 9.92. The average molecular weight is 599 g/mol. The summed E-state index contributed by atoms with van der Waals surface area (Å²) in [6.45, 7) is 1.44. The van der Waals surface area contributed by atoms with Crippen molar-refractivity contribution < 1.29 is 28.7 Å². The minimum Gasteiger partial charge on any atom is -0.422 e. The summed E-state index contributed by atoms with van der Waals surface area (Å²) in [6.07, 6.45) is 1.87. The predicted octanol–water partition coefficient (Wildman–Crippen LogP) is 5.94. The van der Waals surface area contributed by atoms with Crippen LogP contribution in [0.25, 0.3) is 0 Å². The molecule has 5 rings (SSSR count). The number of imide groups is 1. The Bertz CT molecular complexity index is 1490. The van der Waals surface area contributed by atoms with Crippen molar-refractivity contribution in [3.8, 4) is 5.75 Å². The van der Waals surface area contributed by atoms with Gasteiger partial charge in [-0.15, -0.1) is 11.3 Å². The number of fused-ring (bicyclic) bond motifs is 1. The maximum atomic E-state index is 13.7. The molecular formula is C29H24Cl2N2O6S. The van der Waals surface area contributed by atoms with Crippen molar-refractivity contribution in [2.24, 2.45) is 17.8 Å². The van der Waals surface area contributed by atoms with Crippen molar-refractivity contribution in [3.63, 3.8) is 0 Å². The molecule has 0 spiro atoms. The molecule has 2 aromatic carbocycles. The Balaban J connectivity index is 1.41. The number of Topliss-reactive ketones (excluding diaryl/α,β-unsaturated/α-hetero) is 1. The topological polar surface area (TPSA) is 101 Å². The van der Waals surface area contributed by atoms with Crippen molar-refractivity contribution in [2.45, 2.75) is 26.2 Å². The summed E-state index contributed by atoms with van der Waals surface area (Å²) < 4.78 is 5.34. The Labute approximate surface area is 244 Å². The van der Waals surface area contributed by atoms with Crippen LogP contribution in [-0.4, -0.2) is 46.0 Å². The zero-order valence-corrected chi connectivity index (χ0v) is 23.7. The number of hydrogen-bond acceptors (Lipinski definition) is 7. The molecule has 1 aromatic heterocycles. The van der Waals surface area contributed by atoms with Gasteiger partial charge in [-0.25, -0.2) is 9.80 Å². The van der Waals surface area contributed by atoms with E-state index in [0.717, 1.165) is 16.4 Å². The smallest absolute Gasteiger partial charge is 0.353 e. The van der Waals surface area contributed by atoms with Gasteiger partial charge in [0, 0.05) is 10.6 Å². The Morgan fingerprint density at radius 2 is 1.73 bits per heavy atom. The number of thiophene rings is 1. The first-order valence-electron chi connectivity index (χ1n) is 12.7. The van der Waals surface area contributed by atoms with Crippen LogP contribution in [0, 0.1) is 17.8 Å². The Morgan fingerprint density at radius 1 is 1.00 bits per heavy atom. The number of nitrogens with zero attached hydrogens (tertiary/aromatic N) is 2. The second-order valence-corrected chi connectivity index (χ2v) is 11.7. The Hall–Kier alpha value is -3.53. The van der Waals surface area contributed by atoms with E-state index in [1.54, 1.807) is 17.5 Å². The minimum absolute atomic E-state index is 0.00135. The average Bonchev–Trinajstić information content (AvgIpc) is 3.55. The van der Waals surface area contributed by atoms with E-state index in [9.17, 15) is 24.0 Å². The molecule has 206 valence electrons. The second kappa shape index (κ2) is 11.5. The molecule has 3 aromatic rings. The fourth-order valence-electron chi connectivity index (χ4n) is 5.13. The molecule has 0 N–H and O–H groups in total. The lowest BCUT2D eigenvalue weighted by atomic mass is 9.76. The van der Waals surface area contributed by atoms with Crippen molar-refractivity contribution >= 4 is 64.0 Å². The van der Waals surface area contributed by atoms with E-state index in [1.165, 1.54) is 53.8 Å². The summed E-state index contributed by atoms with van der Waals surface area (Å²) in [5, 5.41) is 3.80. The number of carbonyl (C=O) groups excluding carboxylic acids is 5. The summed E-state index contributed by atoms with van der Waals surface area (Å²) in [5.41, 5.74) is 0.194. The van der Waals surface area contributed by atoms with Gasteiger partial charge in [0.05, 0.1) is 22.4 Å². The van der Waals surface area contributed by atoms with Crippen LogP contribution in [0.5, 0.6) is 5.75 Å². The number of benzene rings is 2. The fourth-order valence-corrected chi connectivity index (χ4v) is 6.22. The molecule has 0 bridgehead atoms. The van der Waals surface area contributed by atoms with Gasteiger partial charge >= 0.3 is 5.97 Å². The molecular weight excluding hydrogens is 575 g/mol. The lowest BCUT2D eigenvalue weighted by Crippen LogP contribution is -2.52. The number of rotatable bonds is 7. The summed E-state index contributed by atoms with van der Waals surface area (Å²) in [7, 11) is 0. The third-order valence-corrected chi connectivity index (χ3v) is 8.60. The van der Waals surface area contributed by atoms with Crippen LogP contribution >= 0.6 is 34.5 Å². The highest BCUT2D eigenvalue weighted by molar-refractivity contribution is 7.12. The van der Waals surface area contributed by atoms with E-state index in [4.69, 9.17) is 27.9 Å². The summed E-state index contributed by atoms with van der Waals surface area (Å²) in [6, 6.07) is 13.4. The van der Waals surface area contributed by atoms with Crippen LogP contribution in [0.4, 0.5) is 0 Å². The third kappa shape index (κ3) is 5.54. The highest BCUT2D eigenvalue weighted by Crippen LogP contribution is 2.41. The monoisotopic (exact) mass is 598 g/mol. The lowest BCUT2D eigenvalue weighted by Gasteiger charge is -2.30. The molecule has 11 heteroatoms. The number of carbonyl (C=O) groups is 5. The molecule has 2 heterocycles. The minimum atomic E-state index is -0.773. The summed E-state index contributed by atoms with van der Waals surface area (Å²) >= 11 is 13.5. The lowest BCUT2D eigenvalue weighted by molar-refractivity contribution is -0.154. The molecule has 40 heavy (non-hydrogen) atoms. The molecule has 1 aliphatic carbocycles. The number of halogens is 2. The number of ether oxygens (including phenoxy) is 1. The predicted molar refractivity (Wildman–Crippen MR) is 149 cm³/mol. The zero-order chi connectivity index (χ0) is 28.6. The van der Waals surface area contributed by atoms with Gasteiger partial charge in [-0.1, -0.05) is 36.2 Å². The van der Waals surface area contributed by atoms with E-state index in [2.05, 4.69) is 0 Å². The number of hydrogen-bond donors (Lipinski definition) is 0. The van der Waals surface area contributed by atoms with Gasteiger partial charge in [-0.2, -0.15) is 5.01 Å². The van der Waals surface area contributed by atoms with Crippen LogP contribution in [-0.2, 0) is 9.59 Å². The first kappa shape index (κ1) is 28.0. The van der Waals surface area contributed by atoms with Gasteiger partial charge in [0.2, 0.25) is 0 Å². The first-order chi connectivity index (χ1) is 19.1. The van der Waals surface area contributed by atoms with E-state index in [0.29, 0.717) is 22.7 Å². The maximum absolute atomic E-state index is 13.7.